The number of unbranched alkanes of at least 4 members (excludes halogenated alkanes) is 10. The van der Waals surface area contributed by atoms with Gasteiger partial charge in [-0.25, -0.2) is 4.79 Å². The van der Waals surface area contributed by atoms with Crippen LogP contribution >= 0.6 is 0 Å². The zero-order valence-electron chi connectivity index (χ0n) is 51.4. The molecule has 0 spiro atoms. The minimum Gasteiger partial charge on any atom is -0.396 e. The number of carbonyl (C=O) groups excluding carboxylic acids is 7. The third-order valence-electron chi connectivity index (χ3n) is 16.3. The Morgan fingerprint density at radius 3 is 1.63 bits per heavy atom. The normalized spacial score (nSPS) is 33.5. The van der Waals surface area contributed by atoms with Gasteiger partial charge in [-0.05, 0) is 32.6 Å². The number of hydrogen-bond donors (Lipinski definition) is 17. The highest BCUT2D eigenvalue weighted by Crippen LogP contribution is 2.32. The topological polar surface area (TPSA) is 517 Å². The van der Waals surface area contributed by atoms with Gasteiger partial charge in [0.2, 0.25) is 23.6 Å². The Kier molecular flexibility index (Phi) is 33.6. The number of rotatable bonds is 39. The van der Waals surface area contributed by atoms with E-state index in [0.29, 0.717) is 11.5 Å². The monoisotopic (exact) mass is 1320 g/mol. The number of ether oxygens (including phenoxy) is 8. The summed E-state index contributed by atoms with van der Waals surface area (Å²) in [5.41, 5.74) is 0. The van der Waals surface area contributed by atoms with E-state index in [1.165, 1.54) is 26.2 Å². The molecule has 0 radical (unpaired) electrons. The maximum Gasteiger partial charge on any atom is 0.333 e. The Morgan fingerprint density at radius 1 is 0.516 bits per heavy atom. The fraction of sp³-hybridized carbons (Fsp3) is 0.877. The summed E-state index contributed by atoms with van der Waals surface area (Å²) >= 11 is 0. The highest BCUT2D eigenvalue weighted by molar-refractivity contribution is 6.01. The van der Waals surface area contributed by atoms with Crippen LogP contribution in [0.4, 0.5) is 0 Å². The lowest BCUT2D eigenvalue weighted by atomic mass is 9.96. The van der Waals surface area contributed by atoms with Crippen LogP contribution < -0.4 is 21.3 Å². The van der Waals surface area contributed by atoms with E-state index in [1.54, 1.807) is 0 Å². The number of carbonyl (C=O) groups is 7. The molecule has 17 N–H and O–H groups in total. The first kappa shape index (κ1) is 77.4. The van der Waals surface area contributed by atoms with E-state index in [-0.39, 0.29) is 45.4 Å². The molecule has 524 valence electrons. The van der Waals surface area contributed by atoms with E-state index >= 15 is 0 Å². The Bertz CT molecular complexity index is 2230. The minimum absolute atomic E-state index is 0.00451. The van der Waals surface area contributed by atoms with Gasteiger partial charge in [0, 0.05) is 45.4 Å². The number of hydrogen-bond acceptors (Lipinski definition) is 29. The second kappa shape index (κ2) is 39.5. The van der Waals surface area contributed by atoms with E-state index in [2.05, 4.69) is 28.2 Å². The first-order valence-corrected chi connectivity index (χ1v) is 31.5. The lowest BCUT2D eigenvalue weighted by molar-refractivity contribution is -0.365. The van der Waals surface area contributed by atoms with E-state index in [1.807, 2.05) is 0 Å². The van der Waals surface area contributed by atoms with Crippen LogP contribution in [0.25, 0.3) is 0 Å². The van der Waals surface area contributed by atoms with Crippen molar-refractivity contribution < 1.29 is 143 Å². The van der Waals surface area contributed by atoms with E-state index in [9.17, 15) is 99.9 Å². The predicted octanol–water partition coefficient (Wildman–Crippen LogP) is -6.24. The van der Waals surface area contributed by atoms with E-state index in [4.69, 9.17) is 42.7 Å². The van der Waals surface area contributed by atoms with Gasteiger partial charge in [0.15, 0.2) is 25.2 Å². The van der Waals surface area contributed by atoms with Crippen molar-refractivity contribution in [2.75, 3.05) is 46.1 Å². The fourth-order valence-electron chi connectivity index (χ4n) is 10.7. The zero-order chi connectivity index (χ0) is 66.9. The van der Waals surface area contributed by atoms with Gasteiger partial charge in [0.05, 0.1) is 45.1 Å². The van der Waals surface area contributed by atoms with Crippen LogP contribution in [-0.4, -0.2) is 294 Å². The predicted molar refractivity (Wildman–Crippen MR) is 305 cm³/mol. The van der Waals surface area contributed by atoms with Crippen LogP contribution in [-0.2, 0) is 76.3 Å². The average molecular weight is 1320 g/mol. The summed E-state index contributed by atoms with van der Waals surface area (Å²) in [4.78, 5) is 97.2. The van der Waals surface area contributed by atoms with Gasteiger partial charge in [-0.1, -0.05) is 71.1 Å². The molecular weight excluding hydrogens is 1220 g/mol. The van der Waals surface area contributed by atoms with Gasteiger partial charge in [-0.15, -0.1) is 5.06 Å². The maximum absolute atomic E-state index is 14.2. The summed E-state index contributed by atoms with van der Waals surface area (Å²) in [6, 6.07) is -3.08. The smallest absolute Gasteiger partial charge is 0.333 e. The van der Waals surface area contributed by atoms with E-state index in [0.717, 1.165) is 44.9 Å². The summed E-state index contributed by atoms with van der Waals surface area (Å²) in [5.74, 6) is -5.80. The number of nitrogens with one attached hydrogen (secondary N) is 4. The summed E-state index contributed by atoms with van der Waals surface area (Å²) in [6.07, 6.45) is -25.0. The third kappa shape index (κ3) is 23.5. The molecule has 22 atom stereocenters. The first-order valence-electron chi connectivity index (χ1n) is 31.5. The maximum atomic E-state index is 14.2. The molecule has 34 heteroatoms. The summed E-state index contributed by atoms with van der Waals surface area (Å²) in [7, 11) is 0. The number of aliphatic hydroxyl groups excluding tert-OH is 13. The van der Waals surface area contributed by atoms with Crippen molar-refractivity contribution in [1.82, 2.24) is 26.3 Å². The second-order valence-electron chi connectivity index (χ2n) is 23.3. The van der Waals surface area contributed by atoms with Gasteiger partial charge < -0.3 is 130 Å². The molecule has 5 aliphatic heterocycles. The molecule has 0 aromatic rings. The van der Waals surface area contributed by atoms with Crippen LogP contribution in [0.2, 0.25) is 0 Å². The average Bonchev–Trinajstić information content (AvgIpc) is 1.52. The second-order valence-corrected chi connectivity index (χ2v) is 23.3. The highest BCUT2D eigenvalue weighted by Gasteiger charge is 2.52. The van der Waals surface area contributed by atoms with Gasteiger partial charge >= 0.3 is 5.97 Å². The van der Waals surface area contributed by atoms with Gasteiger partial charge in [-0.3, -0.25) is 28.8 Å². The summed E-state index contributed by atoms with van der Waals surface area (Å²) in [5, 5.41) is 146. The minimum atomic E-state index is -2.01. The molecule has 0 aromatic heterocycles. The molecule has 34 nitrogen and oxygen atoms in total. The Labute approximate surface area is 526 Å². The number of nitrogens with zero attached hydrogens (tertiary/aromatic N) is 1. The summed E-state index contributed by atoms with van der Waals surface area (Å²) in [6.45, 7) is -0.00615. The largest absolute Gasteiger partial charge is 0.396 e. The van der Waals surface area contributed by atoms with Crippen LogP contribution in [0.5, 0.6) is 0 Å². The Hall–Kier alpha value is -4.35. The number of hydroxylamine groups is 2. The quantitative estimate of drug-likeness (QED) is 0.0201. The van der Waals surface area contributed by atoms with Crippen LogP contribution in [0.1, 0.15) is 136 Å². The summed E-state index contributed by atoms with van der Waals surface area (Å²) < 4.78 is 44.9. The molecule has 0 aliphatic carbocycles. The molecule has 0 saturated carbocycles. The van der Waals surface area contributed by atoms with Crippen molar-refractivity contribution in [2.45, 2.75) is 271 Å². The van der Waals surface area contributed by atoms with Gasteiger partial charge in [-0.2, -0.15) is 0 Å². The molecule has 5 aliphatic rings. The standard InChI is InChI=1S/C57H97N5O29/c1-3-4-5-6-7-8-9-10-11-12-13-14-36(66)60-31(16-20-39(69)91-62-37(67)18-19-38(62)68)53(82)61-30(52(81)59-23-26-83-54-47(77)44(74)40(70)29(2)86-54)15-17-35(65)58-22-25-84-56-50(80)51(90-57-49(79)46(76)42(72)33(27-64)88-57)43(73)34(89-56)28-85-55-48(78)45(75)41(71)32(87-55)21-24-63/h29-34,40-51,54-57,63-64,70-80H,3-28H2,1-2H3,(H,58,65)(H,59,81)(H,60,66)(H,61,82)/t29-,30-,31-,32+,33+,34+,40+,41+,42+,43+,44+,45-,46-,47-,48-,49-,50-,51-,54+,55-,56-,57+/m0/s1. The van der Waals surface area contributed by atoms with Crippen molar-refractivity contribution in [1.29, 1.82) is 0 Å². The molecule has 0 bridgehead atoms. The number of imide groups is 1. The molecule has 0 aromatic carbocycles. The highest BCUT2D eigenvalue weighted by atomic mass is 16.8. The first-order chi connectivity index (χ1) is 43.4. The number of aliphatic hydroxyl groups is 13. The van der Waals surface area contributed by atoms with Crippen LogP contribution in [0.15, 0.2) is 0 Å². The lowest BCUT2D eigenvalue weighted by Crippen LogP contribution is -2.65. The van der Waals surface area contributed by atoms with Crippen molar-refractivity contribution in [3.8, 4) is 0 Å². The molecule has 5 fully saturated rings. The van der Waals surface area contributed by atoms with Crippen molar-refractivity contribution >= 4 is 41.4 Å². The lowest BCUT2D eigenvalue weighted by Gasteiger charge is -2.46. The molecule has 5 heterocycles. The molecule has 5 saturated heterocycles. The Balaban J connectivity index is 1.25. The van der Waals surface area contributed by atoms with Crippen molar-refractivity contribution in [3.05, 3.63) is 0 Å². The van der Waals surface area contributed by atoms with Crippen molar-refractivity contribution in [2.24, 2.45) is 0 Å². The molecular formula is C57H97N5O29. The molecule has 91 heavy (non-hydrogen) atoms. The van der Waals surface area contributed by atoms with Gasteiger partial charge in [0.1, 0.15) is 97.5 Å². The fourth-order valence-corrected chi connectivity index (χ4v) is 10.7. The Morgan fingerprint density at radius 2 is 1.02 bits per heavy atom. The molecule has 5 rings (SSSR count). The number of amides is 6. The van der Waals surface area contributed by atoms with Gasteiger partial charge in [0.25, 0.3) is 11.8 Å². The van der Waals surface area contributed by atoms with Crippen LogP contribution in [0, 0.1) is 0 Å². The third-order valence-corrected chi connectivity index (χ3v) is 16.3. The zero-order valence-corrected chi connectivity index (χ0v) is 51.4. The van der Waals surface area contributed by atoms with Crippen molar-refractivity contribution in [3.63, 3.8) is 0 Å². The van der Waals surface area contributed by atoms with E-state index < -0.39 is 228 Å². The SMILES string of the molecule is CCCCCCCCCCCCCC(=O)N[C@@H](CCC(=O)ON1C(=O)CCC1=O)C(=O)N[C@@H](CCC(=O)NCCO[C@H]1O[C@H](CO[C@H]2O[C@H](CCO)[C@@H](O)[C@H](O)[C@@H]2O)[C@@H](O)[C@H](O[C@H]2O[C@H](CO)[C@@H](O)[C@H](O)[C@@H]2O)[C@@H]1O)C(=O)NCCO[C@@H]1O[C@@H](C)[C@@H](O)[C@@H](O)[C@@H]1O. The molecule has 6 amide bonds. The van der Waals surface area contributed by atoms with Crippen LogP contribution in [0.3, 0.4) is 0 Å². The molecule has 0 unspecified atom stereocenters.